The van der Waals surface area contributed by atoms with Gasteiger partial charge in [0.05, 0.1) is 6.61 Å². The number of pyridine rings is 1. The van der Waals surface area contributed by atoms with Gasteiger partial charge in [-0.3, -0.25) is 9.69 Å². The summed E-state index contributed by atoms with van der Waals surface area (Å²) in [6.45, 7) is 9.96. The van der Waals surface area contributed by atoms with Gasteiger partial charge in [-0.15, -0.1) is 0 Å². The Morgan fingerprint density at radius 3 is 2.54 bits per heavy atom. The second kappa shape index (κ2) is 9.25. The molecule has 0 atom stereocenters. The molecular weight excluding hydrogens is 308 g/mol. The number of hydrogen-bond acceptors (Lipinski definition) is 5. The van der Waals surface area contributed by atoms with Crippen LogP contribution >= 0.6 is 0 Å². The van der Waals surface area contributed by atoms with Crippen LogP contribution in [-0.2, 0) is 20.7 Å². The first kappa shape index (κ1) is 19.9. The van der Waals surface area contributed by atoms with E-state index in [1.165, 1.54) is 4.90 Å². The zero-order chi connectivity index (χ0) is 18.2. The molecule has 0 spiro atoms. The number of amides is 1. The topological polar surface area (TPSA) is 68.7 Å². The molecule has 0 aliphatic heterocycles. The summed E-state index contributed by atoms with van der Waals surface area (Å²) in [4.78, 5) is 29.8. The zero-order valence-electron chi connectivity index (χ0n) is 15.3. The molecule has 0 unspecified atom stereocenters. The molecular formula is C18H28N2O4. The van der Waals surface area contributed by atoms with Gasteiger partial charge in [0.1, 0.15) is 11.4 Å². The number of aromatic nitrogens is 1. The standard InChI is InChI=1S/C18H28N2O4/c1-6-14-10-11-19-15(13-14)20(17(22)24-18(3,4)5)12-8-9-16(21)23-7-2/h10-11,13H,6-9,12H2,1-5H3. The first-order valence-electron chi connectivity index (χ1n) is 8.38. The third kappa shape index (κ3) is 6.98. The molecule has 0 bridgehead atoms. The Labute approximate surface area is 144 Å². The van der Waals surface area contributed by atoms with Crippen LogP contribution in [0.2, 0.25) is 0 Å². The van der Waals surface area contributed by atoms with Crippen molar-refractivity contribution in [3.8, 4) is 0 Å². The second-order valence-corrected chi connectivity index (χ2v) is 6.42. The maximum Gasteiger partial charge on any atom is 0.416 e. The minimum Gasteiger partial charge on any atom is -0.466 e. The molecule has 1 aromatic rings. The normalized spacial score (nSPS) is 11.0. The minimum atomic E-state index is -0.598. The molecule has 0 radical (unpaired) electrons. The van der Waals surface area contributed by atoms with Crippen molar-refractivity contribution in [1.29, 1.82) is 0 Å². The van der Waals surface area contributed by atoms with Gasteiger partial charge in [0.2, 0.25) is 0 Å². The maximum absolute atomic E-state index is 12.5. The third-order valence-corrected chi connectivity index (χ3v) is 3.18. The average Bonchev–Trinajstić information content (AvgIpc) is 2.50. The average molecular weight is 336 g/mol. The van der Waals surface area contributed by atoms with Crippen molar-refractivity contribution in [1.82, 2.24) is 4.98 Å². The summed E-state index contributed by atoms with van der Waals surface area (Å²) in [5, 5.41) is 0. The molecule has 0 saturated carbocycles. The van der Waals surface area contributed by atoms with Crippen LogP contribution in [0.1, 0.15) is 53.0 Å². The van der Waals surface area contributed by atoms with Crippen LogP contribution < -0.4 is 4.90 Å². The zero-order valence-corrected chi connectivity index (χ0v) is 15.3. The van der Waals surface area contributed by atoms with E-state index in [-0.39, 0.29) is 12.4 Å². The lowest BCUT2D eigenvalue weighted by atomic mass is 10.2. The smallest absolute Gasteiger partial charge is 0.416 e. The van der Waals surface area contributed by atoms with Crippen LogP contribution in [0.15, 0.2) is 18.3 Å². The molecule has 1 heterocycles. The predicted octanol–water partition coefficient (Wildman–Crippen LogP) is 3.73. The Hall–Kier alpha value is -2.11. The summed E-state index contributed by atoms with van der Waals surface area (Å²) in [6.07, 6.45) is 2.79. The molecule has 1 rings (SSSR count). The van der Waals surface area contributed by atoms with Crippen molar-refractivity contribution in [2.45, 2.75) is 59.5 Å². The summed E-state index contributed by atoms with van der Waals surface area (Å²) in [7, 11) is 0. The number of rotatable bonds is 7. The fraction of sp³-hybridized carbons (Fsp3) is 0.611. The van der Waals surface area contributed by atoms with Crippen LogP contribution in [0.3, 0.4) is 0 Å². The summed E-state index contributed by atoms with van der Waals surface area (Å²) in [6, 6.07) is 3.78. The lowest BCUT2D eigenvalue weighted by Crippen LogP contribution is -2.38. The molecule has 1 aromatic heterocycles. The van der Waals surface area contributed by atoms with Crippen molar-refractivity contribution in [2.24, 2.45) is 0 Å². The highest BCUT2D eigenvalue weighted by atomic mass is 16.6. The van der Waals surface area contributed by atoms with E-state index in [1.807, 2.05) is 39.8 Å². The Morgan fingerprint density at radius 2 is 1.96 bits per heavy atom. The Balaban J connectivity index is 2.86. The fourth-order valence-electron chi connectivity index (χ4n) is 2.06. The largest absolute Gasteiger partial charge is 0.466 e. The molecule has 0 fully saturated rings. The Morgan fingerprint density at radius 1 is 1.25 bits per heavy atom. The number of hydrogen-bond donors (Lipinski definition) is 0. The van der Waals surface area contributed by atoms with Gasteiger partial charge in [0, 0.05) is 19.2 Å². The number of carbonyl (C=O) groups excluding carboxylic acids is 2. The molecule has 0 aliphatic rings. The Bertz CT molecular complexity index is 552. The first-order valence-corrected chi connectivity index (χ1v) is 8.38. The van der Waals surface area contributed by atoms with E-state index < -0.39 is 11.7 Å². The number of ether oxygens (including phenoxy) is 2. The summed E-state index contributed by atoms with van der Waals surface area (Å²) < 4.78 is 10.4. The second-order valence-electron chi connectivity index (χ2n) is 6.42. The molecule has 6 nitrogen and oxygen atoms in total. The van der Waals surface area contributed by atoms with Crippen molar-refractivity contribution >= 4 is 17.9 Å². The highest BCUT2D eigenvalue weighted by molar-refractivity contribution is 5.86. The van der Waals surface area contributed by atoms with Crippen molar-refractivity contribution in [3.63, 3.8) is 0 Å². The van der Waals surface area contributed by atoms with E-state index in [4.69, 9.17) is 9.47 Å². The lowest BCUT2D eigenvalue weighted by Gasteiger charge is -2.27. The van der Waals surface area contributed by atoms with Gasteiger partial charge < -0.3 is 9.47 Å². The van der Waals surface area contributed by atoms with Crippen molar-refractivity contribution in [3.05, 3.63) is 23.9 Å². The van der Waals surface area contributed by atoms with Crippen LogP contribution in [0.5, 0.6) is 0 Å². The molecule has 24 heavy (non-hydrogen) atoms. The van der Waals surface area contributed by atoms with Gasteiger partial charge in [-0.1, -0.05) is 6.92 Å². The van der Waals surface area contributed by atoms with E-state index in [0.29, 0.717) is 25.4 Å². The van der Waals surface area contributed by atoms with E-state index in [2.05, 4.69) is 4.98 Å². The number of nitrogens with zero attached hydrogens (tertiary/aromatic N) is 2. The summed E-state index contributed by atoms with van der Waals surface area (Å²) >= 11 is 0. The Kier molecular flexibility index (Phi) is 7.68. The van der Waals surface area contributed by atoms with E-state index in [9.17, 15) is 9.59 Å². The van der Waals surface area contributed by atoms with E-state index >= 15 is 0 Å². The maximum atomic E-state index is 12.5. The third-order valence-electron chi connectivity index (χ3n) is 3.18. The predicted molar refractivity (Wildman–Crippen MR) is 93.1 cm³/mol. The van der Waals surface area contributed by atoms with Gasteiger partial charge in [-0.05, 0) is 58.2 Å². The van der Waals surface area contributed by atoms with Gasteiger partial charge in [-0.25, -0.2) is 9.78 Å². The van der Waals surface area contributed by atoms with Crippen molar-refractivity contribution < 1.29 is 19.1 Å². The van der Waals surface area contributed by atoms with Crippen molar-refractivity contribution in [2.75, 3.05) is 18.1 Å². The monoisotopic (exact) mass is 336 g/mol. The molecule has 0 saturated heterocycles. The first-order chi connectivity index (χ1) is 11.3. The van der Waals surface area contributed by atoms with Gasteiger partial charge >= 0.3 is 12.1 Å². The van der Waals surface area contributed by atoms with Crippen LogP contribution in [0, 0.1) is 0 Å². The van der Waals surface area contributed by atoms with Crippen LogP contribution in [-0.4, -0.2) is 35.8 Å². The highest BCUT2D eigenvalue weighted by Gasteiger charge is 2.24. The molecule has 0 N–H and O–H groups in total. The fourth-order valence-corrected chi connectivity index (χ4v) is 2.06. The highest BCUT2D eigenvalue weighted by Crippen LogP contribution is 2.18. The van der Waals surface area contributed by atoms with E-state index in [0.717, 1.165) is 12.0 Å². The number of carbonyl (C=O) groups is 2. The van der Waals surface area contributed by atoms with Crippen LogP contribution in [0.4, 0.5) is 10.6 Å². The molecule has 0 aliphatic carbocycles. The molecule has 1 amide bonds. The lowest BCUT2D eigenvalue weighted by molar-refractivity contribution is -0.143. The summed E-state index contributed by atoms with van der Waals surface area (Å²) in [5.41, 5.74) is 0.484. The quantitative estimate of drug-likeness (QED) is 0.710. The molecule has 6 heteroatoms. The van der Waals surface area contributed by atoms with Gasteiger partial charge in [0.15, 0.2) is 0 Å². The number of esters is 1. The SMILES string of the molecule is CCOC(=O)CCCN(C(=O)OC(C)(C)C)c1cc(CC)ccn1. The summed E-state index contributed by atoms with van der Waals surface area (Å²) in [5.74, 6) is 0.268. The van der Waals surface area contributed by atoms with E-state index in [1.54, 1.807) is 13.1 Å². The van der Waals surface area contributed by atoms with Gasteiger partial charge in [-0.2, -0.15) is 0 Å². The number of aryl methyl sites for hydroxylation is 1. The molecule has 134 valence electrons. The molecule has 0 aromatic carbocycles. The number of anilines is 1. The minimum absolute atomic E-state index is 0.251. The van der Waals surface area contributed by atoms with Gasteiger partial charge in [0.25, 0.3) is 0 Å². The van der Waals surface area contributed by atoms with Crippen LogP contribution in [0.25, 0.3) is 0 Å².